The summed E-state index contributed by atoms with van der Waals surface area (Å²) in [4.78, 5) is 12.3. The second-order valence-electron chi connectivity index (χ2n) is 10.5. The van der Waals surface area contributed by atoms with Gasteiger partial charge >= 0.3 is 0 Å². The molecule has 0 bridgehead atoms. The zero-order chi connectivity index (χ0) is 19.1. The fraction of sp³-hybridized carbons (Fsp3) is 0.870. The summed E-state index contributed by atoms with van der Waals surface area (Å²) < 4.78 is 12.0. The van der Waals surface area contributed by atoms with Gasteiger partial charge in [-0.1, -0.05) is 25.5 Å². The fourth-order valence-corrected chi connectivity index (χ4v) is 7.94. The van der Waals surface area contributed by atoms with Crippen molar-refractivity contribution in [3.8, 4) is 0 Å². The van der Waals surface area contributed by atoms with Crippen LogP contribution in [0.5, 0.6) is 0 Å². The third-order valence-electron chi connectivity index (χ3n) is 9.66. The smallest absolute Gasteiger partial charge is 0.172 e. The maximum atomic E-state index is 12.3. The van der Waals surface area contributed by atoms with E-state index in [0.29, 0.717) is 24.2 Å². The monoisotopic (exact) mass is 374 g/mol. The molecular weight excluding hydrogens is 340 g/mol. The van der Waals surface area contributed by atoms with E-state index >= 15 is 0 Å². The van der Waals surface area contributed by atoms with Crippen molar-refractivity contribution >= 4 is 5.78 Å². The standard InChI is InChI=1S/C23H34O4/c1-15(24)23(25)9-7-19-17-5-4-16-14-22(26-12-13-27-22)11-10-20(16,2)18(17)6-8-21(19,23)3/h4,17-19,25H,5-14H2,1-3H3/t17-,18-,19+,20-,21-,23-/m0/s1. The summed E-state index contributed by atoms with van der Waals surface area (Å²) in [6.45, 7) is 7.69. The molecule has 0 aromatic carbocycles. The van der Waals surface area contributed by atoms with Crippen LogP contribution in [-0.4, -0.2) is 35.5 Å². The van der Waals surface area contributed by atoms with Gasteiger partial charge in [0.25, 0.3) is 0 Å². The van der Waals surface area contributed by atoms with Crippen molar-refractivity contribution in [2.75, 3.05) is 13.2 Å². The predicted octanol–water partition coefficient (Wildman–Crippen LogP) is 4.01. The summed E-state index contributed by atoms with van der Waals surface area (Å²) in [6, 6.07) is 0. The van der Waals surface area contributed by atoms with Gasteiger partial charge in [0.05, 0.1) is 13.2 Å². The number of ether oxygens (including phenoxy) is 2. The van der Waals surface area contributed by atoms with Crippen LogP contribution in [0.2, 0.25) is 0 Å². The highest BCUT2D eigenvalue weighted by atomic mass is 16.7. The third kappa shape index (κ3) is 2.24. The van der Waals surface area contributed by atoms with Gasteiger partial charge in [-0.15, -0.1) is 0 Å². The molecule has 27 heavy (non-hydrogen) atoms. The van der Waals surface area contributed by atoms with Crippen molar-refractivity contribution in [1.82, 2.24) is 0 Å². The Balaban J connectivity index is 1.46. The van der Waals surface area contributed by atoms with E-state index in [-0.39, 0.29) is 22.4 Å². The number of allylic oxidation sites excluding steroid dienone is 1. The molecule has 1 aliphatic heterocycles. The van der Waals surface area contributed by atoms with Crippen molar-refractivity contribution in [3.63, 3.8) is 0 Å². The molecule has 1 N–H and O–H groups in total. The minimum atomic E-state index is -1.12. The molecule has 3 saturated carbocycles. The molecule has 4 fully saturated rings. The predicted molar refractivity (Wildman–Crippen MR) is 102 cm³/mol. The molecule has 4 nitrogen and oxygen atoms in total. The van der Waals surface area contributed by atoms with Crippen molar-refractivity contribution in [2.24, 2.45) is 28.6 Å². The van der Waals surface area contributed by atoms with Crippen LogP contribution in [0.3, 0.4) is 0 Å². The van der Waals surface area contributed by atoms with Crippen molar-refractivity contribution in [2.45, 2.75) is 83.5 Å². The van der Waals surface area contributed by atoms with Crippen molar-refractivity contribution in [3.05, 3.63) is 11.6 Å². The van der Waals surface area contributed by atoms with Crippen LogP contribution in [0.15, 0.2) is 11.6 Å². The maximum Gasteiger partial charge on any atom is 0.172 e. The van der Waals surface area contributed by atoms with Gasteiger partial charge < -0.3 is 14.6 Å². The Morgan fingerprint density at radius 3 is 2.48 bits per heavy atom. The molecule has 150 valence electrons. The minimum absolute atomic E-state index is 0.0284. The molecule has 5 aliphatic rings. The SMILES string of the molecule is CC(=O)[C@@]1(O)CC[C@@H]2[C@H]3CC=C4CC5(CC[C@]4(C)[C@H]3CC[C@@]21C)OCCO5. The van der Waals surface area contributed by atoms with Crippen LogP contribution >= 0.6 is 0 Å². The first-order valence-electron chi connectivity index (χ1n) is 11.0. The lowest BCUT2D eigenvalue weighted by Crippen LogP contribution is -2.57. The molecule has 0 radical (unpaired) electrons. The van der Waals surface area contributed by atoms with Crippen LogP contribution < -0.4 is 0 Å². The Bertz CT molecular complexity index is 692. The van der Waals surface area contributed by atoms with Crippen LogP contribution in [0, 0.1) is 28.6 Å². The number of Topliss-reactive ketones (excluding diaryl/α,β-unsaturated/α-hetero) is 1. The van der Waals surface area contributed by atoms with Crippen LogP contribution in [0.25, 0.3) is 0 Å². The highest BCUT2D eigenvalue weighted by Crippen LogP contribution is 2.68. The number of aliphatic hydroxyl groups is 1. The second-order valence-corrected chi connectivity index (χ2v) is 10.5. The molecule has 0 aromatic heterocycles. The number of rotatable bonds is 1. The fourth-order valence-electron chi connectivity index (χ4n) is 7.94. The molecule has 1 heterocycles. The summed E-state index contributed by atoms with van der Waals surface area (Å²) in [7, 11) is 0. The Hall–Kier alpha value is -0.710. The van der Waals surface area contributed by atoms with Crippen molar-refractivity contribution < 1.29 is 19.4 Å². The van der Waals surface area contributed by atoms with E-state index in [2.05, 4.69) is 19.9 Å². The lowest BCUT2D eigenvalue weighted by Gasteiger charge is -2.59. The largest absolute Gasteiger partial charge is 0.382 e. The summed E-state index contributed by atoms with van der Waals surface area (Å²) in [5.74, 6) is 1.31. The first kappa shape index (κ1) is 18.3. The average molecular weight is 375 g/mol. The van der Waals surface area contributed by atoms with E-state index in [0.717, 1.165) is 58.2 Å². The number of fused-ring (bicyclic) bond motifs is 5. The normalized spacial score (nSPS) is 50.7. The quantitative estimate of drug-likeness (QED) is 0.705. The van der Waals surface area contributed by atoms with Gasteiger partial charge in [-0.2, -0.15) is 0 Å². The number of carbonyl (C=O) groups excluding carboxylic acids is 1. The second kappa shape index (κ2) is 5.67. The van der Waals surface area contributed by atoms with E-state index in [1.807, 2.05) is 0 Å². The van der Waals surface area contributed by atoms with Gasteiger partial charge in [-0.25, -0.2) is 0 Å². The molecule has 4 heteroatoms. The first-order valence-corrected chi connectivity index (χ1v) is 11.0. The topological polar surface area (TPSA) is 55.8 Å². The third-order valence-corrected chi connectivity index (χ3v) is 9.66. The van der Waals surface area contributed by atoms with E-state index in [4.69, 9.17) is 9.47 Å². The minimum Gasteiger partial charge on any atom is -0.382 e. The van der Waals surface area contributed by atoms with Gasteiger partial charge in [0, 0.05) is 18.3 Å². The molecule has 0 amide bonds. The molecule has 6 atom stereocenters. The lowest BCUT2D eigenvalue weighted by molar-refractivity contribution is -0.188. The van der Waals surface area contributed by atoms with Crippen LogP contribution in [0.4, 0.5) is 0 Å². The zero-order valence-corrected chi connectivity index (χ0v) is 17.1. The summed E-state index contributed by atoms with van der Waals surface area (Å²) in [5.41, 5.74) is 0.396. The molecular formula is C23H34O4. The lowest BCUT2D eigenvalue weighted by atomic mass is 9.46. The van der Waals surface area contributed by atoms with Crippen LogP contribution in [-0.2, 0) is 14.3 Å². The van der Waals surface area contributed by atoms with Crippen LogP contribution in [0.1, 0.15) is 72.1 Å². The molecule has 5 rings (SSSR count). The van der Waals surface area contributed by atoms with Gasteiger partial charge in [-0.3, -0.25) is 4.79 Å². The molecule has 1 spiro atoms. The number of carbonyl (C=O) groups is 1. The molecule has 0 aromatic rings. The molecule has 1 saturated heterocycles. The molecule has 0 unspecified atom stereocenters. The Labute approximate surface area is 162 Å². The first-order chi connectivity index (χ1) is 12.7. The maximum absolute atomic E-state index is 12.3. The van der Waals surface area contributed by atoms with E-state index in [1.165, 1.54) is 0 Å². The highest BCUT2D eigenvalue weighted by molar-refractivity contribution is 5.86. The van der Waals surface area contributed by atoms with E-state index in [1.54, 1.807) is 12.5 Å². The molecule has 4 aliphatic carbocycles. The Kier molecular flexibility index (Phi) is 3.85. The van der Waals surface area contributed by atoms with Gasteiger partial charge in [0.2, 0.25) is 0 Å². The van der Waals surface area contributed by atoms with Crippen molar-refractivity contribution in [1.29, 1.82) is 0 Å². The van der Waals surface area contributed by atoms with Gasteiger partial charge in [-0.05, 0) is 68.6 Å². The summed E-state index contributed by atoms with van der Waals surface area (Å²) in [6.07, 6.45) is 10.3. The Morgan fingerprint density at radius 2 is 1.78 bits per heavy atom. The average Bonchev–Trinajstić information content (AvgIpc) is 3.19. The number of ketones is 1. The summed E-state index contributed by atoms with van der Waals surface area (Å²) >= 11 is 0. The van der Waals surface area contributed by atoms with E-state index < -0.39 is 5.60 Å². The zero-order valence-electron chi connectivity index (χ0n) is 17.1. The van der Waals surface area contributed by atoms with Gasteiger partial charge in [0.15, 0.2) is 11.6 Å². The number of hydrogen-bond donors (Lipinski definition) is 1. The van der Waals surface area contributed by atoms with E-state index in [9.17, 15) is 9.90 Å². The summed E-state index contributed by atoms with van der Waals surface area (Å²) in [5, 5.41) is 11.3. The van der Waals surface area contributed by atoms with Gasteiger partial charge in [0.1, 0.15) is 5.60 Å². The highest BCUT2D eigenvalue weighted by Gasteiger charge is 2.65. The number of hydrogen-bond acceptors (Lipinski definition) is 4. The Morgan fingerprint density at radius 1 is 1.07 bits per heavy atom.